The molecule has 3 radical (unpaired) electrons. The molecule has 0 heterocycles. The number of ketones is 2. The van der Waals surface area contributed by atoms with Crippen LogP contribution in [0.4, 0.5) is 0 Å². The molecule has 0 fully saturated rings. The van der Waals surface area contributed by atoms with Crippen molar-refractivity contribution in [1.82, 2.24) is 0 Å². The van der Waals surface area contributed by atoms with E-state index in [-0.39, 0.29) is 70.3 Å². The number of rotatable bonds is 5. The van der Waals surface area contributed by atoms with E-state index in [1.54, 1.807) is 0 Å². The van der Waals surface area contributed by atoms with Crippen LogP contribution in [0.2, 0.25) is 0 Å². The summed E-state index contributed by atoms with van der Waals surface area (Å²) < 4.78 is 3.91. The predicted molar refractivity (Wildman–Crippen MR) is 51.0 cm³/mol. The van der Waals surface area contributed by atoms with Gasteiger partial charge < -0.3 is 19.1 Å². The second kappa shape index (κ2) is 11.1. The third kappa shape index (κ3) is 8.57. The van der Waals surface area contributed by atoms with E-state index in [9.17, 15) is 9.59 Å². The molecule has 75 valence electrons. The minimum atomic E-state index is -0.337. The smallest absolute Gasteiger partial charge is 0.420 e. The number of Topliss-reactive ketones (excluding diaryl/α,β-unsaturated/α-hetero) is 2. The second-order valence-electron chi connectivity index (χ2n) is 2.20. The molecular formula is C8H12BNO3Y-2. The maximum absolute atomic E-state index is 11.0. The summed E-state index contributed by atoms with van der Waals surface area (Å²) in [6, 6.07) is 0. The molecule has 0 N–H and O–H groups in total. The van der Waals surface area contributed by atoms with Gasteiger partial charge in [0.1, 0.15) is 11.5 Å². The van der Waals surface area contributed by atoms with Crippen LogP contribution < -0.4 is 0 Å². The van der Waals surface area contributed by atoms with E-state index >= 15 is 0 Å². The van der Waals surface area contributed by atoms with Gasteiger partial charge in [-0.15, -0.1) is 11.6 Å². The van der Waals surface area contributed by atoms with Crippen LogP contribution in [-0.2, 0) is 47.1 Å². The Hall–Kier alpha value is -0.0212. The number of carbonyl (C=O) groups is 2. The van der Waals surface area contributed by atoms with Crippen molar-refractivity contribution >= 4 is 25.3 Å². The van der Waals surface area contributed by atoms with Crippen LogP contribution in [0, 0.1) is 14.4 Å². The first-order valence-electron chi connectivity index (χ1n) is 3.36. The van der Waals surface area contributed by atoms with Gasteiger partial charge in [-0.2, -0.15) is 0 Å². The van der Waals surface area contributed by atoms with Crippen LogP contribution in [-0.4, -0.2) is 25.3 Å². The first-order valence-corrected chi connectivity index (χ1v) is 3.36. The summed E-state index contributed by atoms with van der Waals surface area (Å²) in [4.78, 5) is 21.6. The summed E-state index contributed by atoms with van der Waals surface area (Å²) in [5, 5.41) is 3.22. The van der Waals surface area contributed by atoms with E-state index in [0.29, 0.717) is 0 Å². The van der Waals surface area contributed by atoms with Crippen LogP contribution in [0.25, 0.3) is 0 Å². The zero-order valence-electron chi connectivity index (χ0n) is 8.45. The van der Waals surface area contributed by atoms with Gasteiger partial charge in [0.2, 0.25) is 0 Å². The Kier molecular flexibility index (Phi) is 15.4. The summed E-state index contributed by atoms with van der Waals surface area (Å²) >= 11 is 0. The molecule has 0 atom stereocenters. The number of hydrogen-bond donors (Lipinski definition) is 0. The number of carbonyl (C=O) groups excluding carboxylic acids is 2. The van der Waals surface area contributed by atoms with Crippen molar-refractivity contribution in [2.45, 2.75) is 19.8 Å². The van der Waals surface area contributed by atoms with E-state index in [4.69, 9.17) is 0 Å². The molecule has 0 rings (SSSR count). The molecule has 0 unspecified atom stereocenters. The van der Waals surface area contributed by atoms with Gasteiger partial charge >= 0.3 is 8.05 Å². The Morgan fingerprint density at radius 2 is 2.00 bits per heavy atom. The zero-order valence-corrected chi connectivity index (χ0v) is 11.3. The van der Waals surface area contributed by atoms with Gasteiger partial charge in [0.15, 0.2) is 5.78 Å². The molecule has 0 bridgehead atoms. The topological polar surface area (TPSA) is 55.7 Å². The maximum atomic E-state index is 11.0. The van der Waals surface area contributed by atoms with Gasteiger partial charge in [0, 0.05) is 32.7 Å². The van der Waals surface area contributed by atoms with E-state index in [1.165, 1.54) is 6.92 Å². The van der Waals surface area contributed by atoms with Gasteiger partial charge in [-0.05, 0) is 6.92 Å². The molecule has 0 aromatic heterocycles. The average molecular weight is 270 g/mol. The summed E-state index contributed by atoms with van der Waals surface area (Å²) in [5.74, 6) is -0.511. The van der Waals surface area contributed by atoms with Crippen LogP contribution in [0.5, 0.6) is 0 Å². The van der Waals surface area contributed by atoms with Gasteiger partial charge in [-0.1, -0.05) is 0 Å². The molecule has 0 aromatic rings. The van der Waals surface area contributed by atoms with Crippen molar-refractivity contribution in [1.29, 1.82) is 0 Å². The first kappa shape index (κ1) is 19.5. The molecule has 0 aromatic carbocycles. The fraction of sp³-hybridized carbons (Fsp3) is 0.375. The normalized spacial score (nSPS) is 9.43. The van der Waals surface area contributed by atoms with Crippen LogP contribution in [0.15, 0.2) is 5.16 Å². The average Bonchev–Trinajstić information content (AvgIpc) is 2.01. The third-order valence-corrected chi connectivity index (χ3v) is 1.13. The molecule has 0 saturated heterocycles. The van der Waals surface area contributed by atoms with Crippen LogP contribution >= 0.6 is 0 Å². The number of hydrogen-bond acceptors (Lipinski definition) is 4. The Labute approximate surface area is 111 Å². The Bertz CT molecular complexity index is 219. The second-order valence-corrected chi connectivity index (χ2v) is 2.20. The SMILES string of the molecule is [B]O/N=C(/CC(C)=O)C(=O)C[CH2-].[CH3-].[Y]. The largest absolute Gasteiger partial charge is 0.480 e. The molecule has 6 heteroatoms. The van der Waals surface area contributed by atoms with E-state index in [2.05, 4.69) is 24.9 Å². The minimum absolute atomic E-state index is 0. The Morgan fingerprint density at radius 3 is 2.29 bits per heavy atom. The molecule has 0 saturated carbocycles. The van der Waals surface area contributed by atoms with E-state index in [0.717, 1.165) is 0 Å². The van der Waals surface area contributed by atoms with Gasteiger partial charge in [-0.3, -0.25) is 9.59 Å². The fourth-order valence-electron chi connectivity index (χ4n) is 0.625. The minimum Gasteiger partial charge on any atom is -0.480 e. The van der Waals surface area contributed by atoms with E-state index < -0.39 is 0 Å². The molecule has 0 spiro atoms. The predicted octanol–water partition coefficient (Wildman–Crippen LogP) is 0.663. The third-order valence-electron chi connectivity index (χ3n) is 1.13. The Morgan fingerprint density at radius 1 is 1.50 bits per heavy atom. The number of nitrogens with zero attached hydrogens (tertiary/aromatic N) is 1. The van der Waals surface area contributed by atoms with E-state index in [1.807, 2.05) is 0 Å². The molecule has 14 heavy (non-hydrogen) atoms. The van der Waals surface area contributed by atoms with Crippen molar-refractivity contribution in [3.8, 4) is 0 Å². The molecule has 0 amide bonds. The summed E-state index contributed by atoms with van der Waals surface area (Å²) in [5.41, 5.74) is 0.0139. The molecule has 0 aliphatic carbocycles. The number of oxime groups is 1. The summed E-state index contributed by atoms with van der Waals surface area (Å²) in [6.07, 6.45) is -0.0268. The molecule has 4 nitrogen and oxygen atoms in total. The molecule has 0 aliphatic heterocycles. The van der Waals surface area contributed by atoms with Crippen molar-refractivity contribution in [3.05, 3.63) is 14.4 Å². The van der Waals surface area contributed by atoms with Gasteiger partial charge in [0.05, 0.1) is 6.42 Å². The zero-order chi connectivity index (χ0) is 9.56. The van der Waals surface area contributed by atoms with Crippen molar-refractivity contribution in [2.24, 2.45) is 5.16 Å². The van der Waals surface area contributed by atoms with Gasteiger partial charge in [-0.25, -0.2) is 0 Å². The fourth-order valence-corrected chi connectivity index (χ4v) is 0.625. The maximum Gasteiger partial charge on any atom is 0.420 e. The first-order chi connectivity index (χ1) is 5.61. The van der Waals surface area contributed by atoms with Crippen molar-refractivity contribution < 1.29 is 47.1 Å². The summed E-state index contributed by atoms with van der Waals surface area (Å²) in [7, 11) is 4.63. The quantitative estimate of drug-likeness (QED) is 0.319. The van der Waals surface area contributed by atoms with Crippen LogP contribution in [0.3, 0.4) is 0 Å². The van der Waals surface area contributed by atoms with Crippen LogP contribution in [0.1, 0.15) is 19.8 Å². The van der Waals surface area contributed by atoms with Gasteiger partial charge in [0.25, 0.3) is 0 Å². The molecular weight excluding hydrogens is 258 g/mol. The van der Waals surface area contributed by atoms with Crippen molar-refractivity contribution in [3.63, 3.8) is 0 Å². The Balaban J connectivity index is -0.000000605. The molecule has 0 aliphatic rings. The van der Waals surface area contributed by atoms with Crippen molar-refractivity contribution in [2.75, 3.05) is 0 Å². The summed E-state index contributed by atoms with van der Waals surface area (Å²) in [6.45, 7) is 4.71. The standard InChI is InChI=1S/C7H9BNO3.CH3.Y/c1-3-7(11)6(9-12-8)4-5(2)10;;/h1,3-4H2,2H3;1H3;/q2*-1;/b9-6-;;. The monoisotopic (exact) mass is 270 g/mol.